The lowest BCUT2D eigenvalue weighted by molar-refractivity contribution is -0.135. The number of carbonyl (C=O) groups excluding carboxylic acids is 2. The number of carbonyl (C=O) groups is 2. The highest BCUT2D eigenvalue weighted by Crippen LogP contribution is 2.44. The van der Waals surface area contributed by atoms with Crippen LogP contribution in [-0.2, 0) is 9.53 Å². The van der Waals surface area contributed by atoms with E-state index < -0.39 is 5.54 Å². The molecule has 2 aliphatic heterocycles. The predicted molar refractivity (Wildman–Crippen MR) is 80.0 cm³/mol. The fourth-order valence-electron chi connectivity index (χ4n) is 4.23. The third-order valence-corrected chi connectivity index (χ3v) is 4.61. The zero-order valence-electron chi connectivity index (χ0n) is 13.7. The number of amides is 3. The minimum absolute atomic E-state index is 0.196. The van der Waals surface area contributed by atoms with Gasteiger partial charge in [-0.1, -0.05) is 0 Å². The van der Waals surface area contributed by atoms with Gasteiger partial charge < -0.3 is 10.1 Å². The quantitative estimate of drug-likeness (QED) is 0.605. The number of likely N-dealkylation sites (tertiary alicyclic amines) is 1. The summed E-state index contributed by atoms with van der Waals surface area (Å²) in [6.45, 7) is 12.7. The second-order valence-electron chi connectivity index (χ2n) is 7.32. The van der Waals surface area contributed by atoms with E-state index in [9.17, 15) is 9.59 Å². The lowest BCUT2D eigenvalue weighted by Crippen LogP contribution is -2.70. The first-order valence-electron chi connectivity index (χ1n) is 7.62. The van der Waals surface area contributed by atoms with E-state index >= 15 is 0 Å². The molecule has 0 aromatic heterocycles. The summed E-state index contributed by atoms with van der Waals surface area (Å²) in [6.07, 6.45) is 1.21. The first kappa shape index (κ1) is 16.2. The van der Waals surface area contributed by atoms with Crippen molar-refractivity contribution in [2.75, 3.05) is 19.8 Å². The first-order chi connectivity index (χ1) is 9.63. The van der Waals surface area contributed by atoms with Crippen molar-refractivity contribution in [3.05, 3.63) is 0 Å². The van der Waals surface area contributed by atoms with Gasteiger partial charge in [0.1, 0.15) is 5.54 Å². The highest BCUT2D eigenvalue weighted by molar-refractivity contribution is 6.07. The standard InChI is InChI=1S/C15H27N3O3/c1-6-21-8-7-18-13(2,3)9-15(10-14(18,4)5)11(19)16-12(20)17-15/h6-10H2,1-5H3,(H2,16,17,19,20). The van der Waals surface area contributed by atoms with Crippen LogP contribution in [0.15, 0.2) is 0 Å². The smallest absolute Gasteiger partial charge is 0.322 e. The zero-order valence-corrected chi connectivity index (χ0v) is 13.7. The summed E-state index contributed by atoms with van der Waals surface area (Å²) in [7, 11) is 0. The van der Waals surface area contributed by atoms with Crippen molar-refractivity contribution < 1.29 is 14.3 Å². The zero-order chi connectivity index (χ0) is 15.9. The molecular weight excluding hydrogens is 270 g/mol. The Labute approximate surface area is 126 Å². The molecule has 6 heteroatoms. The molecule has 0 aromatic carbocycles. The second-order valence-corrected chi connectivity index (χ2v) is 7.32. The van der Waals surface area contributed by atoms with Gasteiger partial charge >= 0.3 is 6.03 Å². The van der Waals surface area contributed by atoms with E-state index in [-0.39, 0.29) is 23.0 Å². The summed E-state index contributed by atoms with van der Waals surface area (Å²) in [6, 6.07) is -0.380. The lowest BCUT2D eigenvalue weighted by atomic mass is 9.69. The molecule has 21 heavy (non-hydrogen) atoms. The number of hydrogen-bond donors (Lipinski definition) is 2. The van der Waals surface area contributed by atoms with E-state index in [1.807, 2.05) is 6.92 Å². The van der Waals surface area contributed by atoms with Gasteiger partial charge in [-0.2, -0.15) is 0 Å². The van der Waals surface area contributed by atoms with Crippen LogP contribution < -0.4 is 10.6 Å². The largest absolute Gasteiger partial charge is 0.380 e. The van der Waals surface area contributed by atoms with Gasteiger partial charge in [-0.25, -0.2) is 4.79 Å². The van der Waals surface area contributed by atoms with E-state index in [4.69, 9.17) is 4.74 Å². The summed E-state index contributed by atoms with van der Waals surface area (Å²) in [5.41, 5.74) is -1.19. The Bertz CT molecular complexity index is 427. The normalized spacial score (nSPS) is 26.7. The van der Waals surface area contributed by atoms with E-state index in [1.54, 1.807) is 0 Å². The van der Waals surface area contributed by atoms with Gasteiger partial charge in [-0.05, 0) is 47.5 Å². The van der Waals surface area contributed by atoms with E-state index in [0.717, 1.165) is 6.54 Å². The van der Waals surface area contributed by atoms with Crippen molar-refractivity contribution in [3.8, 4) is 0 Å². The summed E-state index contributed by atoms with van der Waals surface area (Å²) in [5.74, 6) is -0.196. The van der Waals surface area contributed by atoms with E-state index in [1.165, 1.54) is 0 Å². The molecule has 0 atom stereocenters. The SMILES string of the molecule is CCOCCN1C(C)(C)CC2(CC1(C)C)NC(=O)NC2=O. The minimum Gasteiger partial charge on any atom is -0.380 e. The Kier molecular flexibility index (Phi) is 4.06. The fourth-order valence-corrected chi connectivity index (χ4v) is 4.23. The topological polar surface area (TPSA) is 70.7 Å². The maximum absolute atomic E-state index is 12.3. The Balaban J connectivity index is 2.23. The number of nitrogens with zero attached hydrogens (tertiary/aromatic N) is 1. The molecule has 2 N–H and O–H groups in total. The monoisotopic (exact) mass is 297 g/mol. The number of urea groups is 1. The minimum atomic E-state index is -0.786. The lowest BCUT2D eigenvalue weighted by Gasteiger charge is -2.57. The van der Waals surface area contributed by atoms with Crippen molar-refractivity contribution >= 4 is 11.9 Å². The number of imide groups is 1. The second kappa shape index (κ2) is 5.25. The van der Waals surface area contributed by atoms with Crippen LogP contribution in [0.1, 0.15) is 47.5 Å². The molecule has 2 saturated heterocycles. The van der Waals surface area contributed by atoms with Gasteiger partial charge in [-0.3, -0.25) is 15.0 Å². The first-order valence-corrected chi connectivity index (χ1v) is 7.62. The third kappa shape index (κ3) is 2.92. The Morgan fingerprint density at radius 1 is 1.14 bits per heavy atom. The van der Waals surface area contributed by atoms with Crippen LogP contribution in [0.5, 0.6) is 0 Å². The highest BCUT2D eigenvalue weighted by Gasteiger charge is 2.58. The molecule has 2 rings (SSSR count). The summed E-state index contributed by atoms with van der Waals surface area (Å²) < 4.78 is 5.49. The van der Waals surface area contributed by atoms with Crippen molar-refractivity contribution in [3.63, 3.8) is 0 Å². The molecular formula is C15H27N3O3. The predicted octanol–water partition coefficient (Wildman–Crippen LogP) is 1.25. The fraction of sp³-hybridized carbons (Fsp3) is 0.867. The molecule has 2 heterocycles. The molecule has 2 aliphatic rings. The maximum Gasteiger partial charge on any atom is 0.322 e. The molecule has 0 radical (unpaired) electrons. The van der Waals surface area contributed by atoms with Crippen LogP contribution in [0.4, 0.5) is 4.79 Å². The molecule has 0 aliphatic carbocycles. The average molecular weight is 297 g/mol. The number of piperidine rings is 1. The van der Waals surface area contributed by atoms with Crippen LogP contribution >= 0.6 is 0 Å². The van der Waals surface area contributed by atoms with Gasteiger partial charge in [-0.15, -0.1) is 0 Å². The third-order valence-electron chi connectivity index (χ3n) is 4.61. The van der Waals surface area contributed by atoms with Gasteiger partial charge in [0.15, 0.2) is 0 Å². The van der Waals surface area contributed by atoms with Crippen LogP contribution in [0.25, 0.3) is 0 Å². The summed E-state index contributed by atoms with van der Waals surface area (Å²) in [4.78, 5) is 26.2. The summed E-state index contributed by atoms with van der Waals surface area (Å²) >= 11 is 0. The van der Waals surface area contributed by atoms with Crippen LogP contribution in [0.3, 0.4) is 0 Å². The number of nitrogens with one attached hydrogen (secondary N) is 2. The van der Waals surface area contributed by atoms with Crippen molar-refractivity contribution in [2.45, 2.75) is 64.1 Å². The Morgan fingerprint density at radius 3 is 2.14 bits per heavy atom. The average Bonchev–Trinajstić information content (AvgIpc) is 2.55. The van der Waals surface area contributed by atoms with Crippen LogP contribution in [-0.4, -0.2) is 53.2 Å². The molecule has 3 amide bonds. The molecule has 0 aromatic rings. The number of hydrogen-bond acceptors (Lipinski definition) is 4. The van der Waals surface area contributed by atoms with Gasteiger partial charge in [0, 0.05) is 24.2 Å². The maximum atomic E-state index is 12.3. The molecule has 120 valence electrons. The van der Waals surface area contributed by atoms with Gasteiger partial charge in [0.2, 0.25) is 0 Å². The number of ether oxygens (including phenoxy) is 1. The van der Waals surface area contributed by atoms with Crippen molar-refractivity contribution in [1.82, 2.24) is 15.5 Å². The number of rotatable bonds is 4. The molecule has 0 unspecified atom stereocenters. The van der Waals surface area contributed by atoms with E-state index in [0.29, 0.717) is 26.1 Å². The molecule has 1 spiro atoms. The van der Waals surface area contributed by atoms with Crippen LogP contribution in [0.2, 0.25) is 0 Å². The molecule has 0 bridgehead atoms. The molecule has 0 saturated carbocycles. The highest BCUT2D eigenvalue weighted by atomic mass is 16.5. The van der Waals surface area contributed by atoms with Gasteiger partial charge in [0.05, 0.1) is 6.61 Å². The van der Waals surface area contributed by atoms with Crippen molar-refractivity contribution in [2.24, 2.45) is 0 Å². The molecule has 2 fully saturated rings. The van der Waals surface area contributed by atoms with Crippen molar-refractivity contribution in [1.29, 1.82) is 0 Å². The Morgan fingerprint density at radius 2 is 1.71 bits per heavy atom. The summed E-state index contributed by atoms with van der Waals surface area (Å²) in [5, 5.41) is 5.25. The Hall–Kier alpha value is -1.14. The van der Waals surface area contributed by atoms with Crippen LogP contribution in [0, 0.1) is 0 Å². The molecule has 6 nitrogen and oxygen atoms in total. The van der Waals surface area contributed by atoms with E-state index in [2.05, 4.69) is 43.2 Å². The van der Waals surface area contributed by atoms with Gasteiger partial charge in [0.25, 0.3) is 5.91 Å².